The first-order chi connectivity index (χ1) is 10.0. The minimum Gasteiger partial charge on any atom is -0.466 e. The van der Waals surface area contributed by atoms with E-state index in [4.69, 9.17) is 4.74 Å². The predicted octanol–water partition coefficient (Wildman–Crippen LogP) is 1.08. The van der Waals surface area contributed by atoms with Gasteiger partial charge in [0, 0.05) is 24.4 Å². The van der Waals surface area contributed by atoms with Crippen molar-refractivity contribution in [3.8, 4) is 0 Å². The van der Waals surface area contributed by atoms with Crippen LogP contribution in [0.3, 0.4) is 0 Å². The summed E-state index contributed by atoms with van der Waals surface area (Å²) in [5, 5.41) is 15.9. The van der Waals surface area contributed by atoms with Gasteiger partial charge in [-0.3, -0.25) is 19.7 Å². The molecule has 114 valence electrons. The average molecular weight is 295 g/mol. The third-order valence-corrected chi connectivity index (χ3v) is 2.46. The second-order valence-electron chi connectivity index (χ2n) is 4.08. The molecule has 1 rings (SSSR count). The number of ether oxygens (including phenoxy) is 1. The molecule has 0 atom stereocenters. The smallest absolute Gasteiger partial charge is 0.307 e. The lowest BCUT2D eigenvalue weighted by Gasteiger charge is -2.06. The molecule has 1 aromatic rings. The molecule has 0 aliphatic rings. The molecule has 0 unspecified atom stereocenters. The lowest BCUT2D eigenvalue weighted by atomic mass is 10.3. The van der Waals surface area contributed by atoms with E-state index in [1.54, 1.807) is 6.92 Å². The Morgan fingerprint density at radius 2 is 1.95 bits per heavy atom. The molecule has 0 spiro atoms. The predicted molar refractivity (Wildman–Crippen MR) is 75.8 cm³/mol. The first-order valence-corrected chi connectivity index (χ1v) is 6.43. The first kappa shape index (κ1) is 16.6. The van der Waals surface area contributed by atoms with Crippen molar-refractivity contribution in [2.75, 3.05) is 25.0 Å². The fourth-order valence-corrected chi connectivity index (χ4v) is 1.50. The van der Waals surface area contributed by atoms with Crippen LogP contribution in [0.15, 0.2) is 24.3 Å². The van der Waals surface area contributed by atoms with Crippen LogP contribution >= 0.6 is 0 Å². The summed E-state index contributed by atoms with van der Waals surface area (Å²) in [6.45, 7) is 2.44. The highest BCUT2D eigenvalue weighted by Gasteiger charge is 2.07. The van der Waals surface area contributed by atoms with Crippen molar-refractivity contribution in [3.05, 3.63) is 34.4 Å². The Morgan fingerprint density at radius 1 is 1.29 bits per heavy atom. The number of carbonyl (C=O) groups is 2. The van der Waals surface area contributed by atoms with Gasteiger partial charge in [0.15, 0.2) is 0 Å². The Morgan fingerprint density at radius 3 is 2.52 bits per heavy atom. The highest BCUT2D eigenvalue weighted by molar-refractivity contribution is 5.92. The highest BCUT2D eigenvalue weighted by atomic mass is 16.6. The molecule has 8 heteroatoms. The Labute approximate surface area is 121 Å². The molecule has 0 aliphatic heterocycles. The summed E-state index contributed by atoms with van der Waals surface area (Å²) >= 11 is 0. The number of nitro benzene ring substituents is 1. The normalized spacial score (nSPS) is 9.95. The summed E-state index contributed by atoms with van der Waals surface area (Å²) in [6.07, 6.45) is 0.193. The summed E-state index contributed by atoms with van der Waals surface area (Å²) in [7, 11) is 0. The molecule has 0 fully saturated rings. The van der Waals surface area contributed by atoms with Crippen molar-refractivity contribution in [2.45, 2.75) is 13.3 Å². The topological polar surface area (TPSA) is 111 Å². The number of esters is 1. The standard InChI is InChI=1S/C13H17N3O5/c1-2-21-13(18)7-8-14-9-12(17)15-10-3-5-11(6-4-10)16(19)20/h3-6,14H,2,7-9H2,1H3,(H,15,17). The number of nitrogens with one attached hydrogen (secondary N) is 2. The number of nitrogens with zero attached hydrogens (tertiary/aromatic N) is 1. The van der Waals surface area contributed by atoms with Crippen molar-refractivity contribution in [1.29, 1.82) is 0 Å². The third kappa shape index (κ3) is 6.48. The lowest BCUT2D eigenvalue weighted by molar-refractivity contribution is -0.384. The summed E-state index contributed by atoms with van der Waals surface area (Å²) in [5.74, 6) is -0.617. The Kier molecular flexibility index (Phi) is 6.82. The molecule has 8 nitrogen and oxygen atoms in total. The molecule has 0 radical (unpaired) electrons. The van der Waals surface area contributed by atoms with Crippen LogP contribution in [-0.2, 0) is 14.3 Å². The van der Waals surface area contributed by atoms with Crippen LogP contribution in [0.1, 0.15) is 13.3 Å². The number of nitro groups is 1. The van der Waals surface area contributed by atoms with Crippen LogP contribution in [0.25, 0.3) is 0 Å². The maximum absolute atomic E-state index is 11.6. The van der Waals surface area contributed by atoms with Crippen LogP contribution in [0.4, 0.5) is 11.4 Å². The van der Waals surface area contributed by atoms with E-state index in [0.29, 0.717) is 18.8 Å². The third-order valence-electron chi connectivity index (χ3n) is 2.46. The van der Waals surface area contributed by atoms with Gasteiger partial charge < -0.3 is 15.4 Å². The molecule has 2 N–H and O–H groups in total. The molecular weight excluding hydrogens is 278 g/mol. The van der Waals surface area contributed by atoms with Gasteiger partial charge in [0.25, 0.3) is 5.69 Å². The summed E-state index contributed by atoms with van der Waals surface area (Å²) < 4.78 is 4.74. The van der Waals surface area contributed by atoms with Gasteiger partial charge in [0.05, 0.1) is 24.5 Å². The van der Waals surface area contributed by atoms with Gasteiger partial charge in [0.1, 0.15) is 0 Å². The monoisotopic (exact) mass is 295 g/mol. The molecule has 0 saturated heterocycles. The van der Waals surface area contributed by atoms with Crippen LogP contribution in [-0.4, -0.2) is 36.5 Å². The second-order valence-corrected chi connectivity index (χ2v) is 4.08. The molecular formula is C13H17N3O5. The number of non-ortho nitro benzene ring substituents is 1. The lowest BCUT2D eigenvalue weighted by Crippen LogP contribution is -2.29. The number of hydrogen-bond acceptors (Lipinski definition) is 6. The average Bonchev–Trinajstić information content (AvgIpc) is 2.44. The number of hydrogen-bond donors (Lipinski definition) is 2. The SMILES string of the molecule is CCOC(=O)CCNCC(=O)Nc1ccc([N+](=O)[O-])cc1. The van der Waals surface area contributed by atoms with Gasteiger partial charge in [0.2, 0.25) is 5.91 Å². The van der Waals surface area contributed by atoms with Crippen molar-refractivity contribution >= 4 is 23.3 Å². The molecule has 1 aromatic carbocycles. The number of anilines is 1. The van der Waals surface area contributed by atoms with E-state index in [0.717, 1.165) is 0 Å². The van der Waals surface area contributed by atoms with E-state index in [9.17, 15) is 19.7 Å². The van der Waals surface area contributed by atoms with Crippen molar-refractivity contribution in [1.82, 2.24) is 5.32 Å². The van der Waals surface area contributed by atoms with E-state index in [-0.39, 0.29) is 30.5 Å². The number of carbonyl (C=O) groups excluding carboxylic acids is 2. The van der Waals surface area contributed by atoms with Gasteiger partial charge in [-0.25, -0.2) is 0 Å². The van der Waals surface area contributed by atoms with E-state index < -0.39 is 4.92 Å². The van der Waals surface area contributed by atoms with Crippen molar-refractivity contribution < 1.29 is 19.2 Å². The van der Waals surface area contributed by atoms with Crippen LogP contribution in [0.2, 0.25) is 0 Å². The van der Waals surface area contributed by atoms with Gasteiger partial charge in [-0.15, -0.1) is 0 Å². The van der Waals surface area contributed by atoms with Crippen LogP contribution in [0.5, 0.6) is 0 Å². The van der Waals surface area contributed by atoms with Gasteiger partial charge in [-0.05, 0) is 19.1 Å². The molecule has 0 bridgehead atoms. The molecule has 21 heavy (non-hydrogen) atoms. The number of rotatable bonds is 8. The molecule has 0 heterocycles. The van der Waals surface area contributed by atoms with Crippen molar-refractivity contribution in [2.24, 2.45) is 0 Å². The van der Waals surface area contributed by atoms with Gasteiger partial charge >= 0.3 is 5.97 Å². The first-order valence-electron chi connectivity index (χ1n) is 6.43. The van der Waals surface area contributed by atoms with Crippen molar-refractivity contribution in [3.63, 3.8) is 0 Å². The largest absolute Gasteiger partial charge is 0.466 e. The van der Waals surface area contributed by atoms with E-state index in [1.807, 2.05) is 0 Å². The number of amides is 1. The Bertz CT molecular complexity index is 501. The zero-order valence-electron chi connectivity index (χ0n) is 11.6. The minimum atomic E-state index is -0.511. The molecule has 0 aliphatic carbocycles. The second kappa shape index (κ2) is 8.64. The quantitative estimate of drug-likeness (QED) is 0.321. The van der Waals surface area contributed by atoms with Crippen LogP contribution in [0, 0.1) is 10.1 Å². The Hall–Kier alpha value is -2.48. The number of benzene rings is 1. The van der Waals surface area contributed by atoms with E-state index in [1.165, 1.54) is 24.3 Å². The van der Waals surface area contributed by atoms with Gasteiger partial charge in [-0.2, -0.15) is 0 Å². The zero-order chi connectivity index (χ0) is 15.7. The highest BCUT2D eigenvalue weighted by Crippen LogP contribution is 2.14. The summed E-state index contributed by atoms with van der Waals surface area (Å²) in [5.41, 5.74) is 0.429. The fraction of sp³-hybridized carbons (Fsp3) is 0.385. The fourth-order valence-electron chi connectivity index (χ4n) is 1.50. The van der Waals surface area contributed by atoms with Gasteiger partial charge in [-0.1, -0.05) is 0 Å². The van der Waals surface area contributed by atoms with Crippen LogP contribution < -0.4 is 10.6 Å². The van der Waals surface area contributed by atoms with E-state index in [2.05, 4.69) is 10.6 Å². The summed E-state index contributed by atoms with van der Waals surface area (Å²) in [4.78, 5) is 32.6. The minimum absolute atomic E-state index is 0.0381. The Balaban J connectivity index is 2.27. The molecule has 0 aromatic heterocycles. The van der Waals surface area contributed by atoms with E-state index >= 15 is 0 Å². The molecule has 0 saturated carbocycles. The maximum atomic E-state index is 11.6. The maximum Gasteiger partial charge on any atom is 0.307 e. The summed E-state index contributed by atoms with van der Waals surface area (Å²) in [6, 6.07) is 5.52. The molecule has 1 amide bonds. The zero-order valence-corrected chi connectivity index (χ0v) is 11.6.